The van der Waals surface area contributed by atoms with E-state index in [4.69, 9.17) is 10.5 Å². The van der Waals surface area contributed by atoms with Crippen molar-refractivity contribution in [2.24, 2.45) is 0 Å². The molecule has 0 atom stereocenters. The number of anilines is 1. The second kappa shape index (κ2) is 4.66. The van der Waals surface area contributed by atoms with Crippen molar-refractivity contribution in [2.75, 3.05) is 12.4 Å². The van der Waals surface area contributed by atoms with E-state index in [1.165, 1.54) is 9.78 Å². The smallest absolute Gasteiger partial charge is 0.262 e. The predicted octanol–water partition coefficient (Wildman–Crippen LogP) is 2.38. The maximum absolute atomic E-state index is 12.5. The molecule has 5 nitrogen and oxygen atoms in total. The van der Waals surface area contributed by atoms with Crippen LogP contribution in [0.15, 0.2) is 11.4 Å². The number of carbonyl (C=O) groups excluding carboxylic acids is 1. The number of nitriles is 2. The summed E-state index contributed by atoms with van der Waals surface area (Å²) < 4.78 is 0. The molecule has 0 unspecified atom stereocenters. The van der Waals surface area contributed by atoms with Crippen molar-refractivity contribution in [2.45, 2.75) is 25.7 Å². The molecule has 0 saturated heterocycles. The van der Waals surface area contributed by atoms with Crippen LogP contribution >= 0.6 is 11.3 Å². The number of carbonyl (C=O) groups is 1. The van der Waals surface area contributed by atoms with Gasteiger partial charge in [0.2, 0.25) is 0 Å². The number of nitrogens with one attached hydrogen (secondary N) is 1. The van der Waals surface area contributed by atoms with Crippen LogP contribution in [-0.4, -0.2) is 17.9 Å². The summed E-state index contributed by atoms with van der Waals surface area (Å²) in [6.07, 6.45) is 4.21. The lowest BCUT2D eigenvalue weighted by molar-refractivity contribution is 0.0831. The quantitative estimate of drug-likeness (QED) is 0.742. The predicted molar refractivity (Wildman–Crippen MR) is 74.9 cm³/mol. The monoisotopic (exact) mass is 284 g/mol. The van der Waals surface area contributed by atoms with E-state index in [0.717, 1.165) is 41.8 Å². The Bertz CT molecular complexity index is 701. The fourth-order valence-electron chi connectivity index (χ4n) is 2.70. The lowest BCUT2D eigenvalue weighted by atomic mass is 9.94. The molecule has 1 aromatic rings. The number of nitrogens with zero attached hydrogens (tertiary/aromatic N) is 3. The van der Waals surface area contributed by atoms with Crippen molar-refractivity contribution < 1.29 is 4.79 Å². The zero-order valence-corrected chi connectivity index (χ0v) is 11.8. The molecule has 3 rings (SSSR count). The van der Waals surface area contributed by atoms with E-state index in [9.17, 15) is 4.79 Å². The van der Waals surface area contributed by atoms with Gasteiger partial charge in [0.25, 0.3) is 5.91 Å². The van der Waals surface area contributed by atoms with Crippen LogP contribution in [-0.2, 0) is 12.8 Å². The molecule has 1 amide bonds. The van der Waals surface area contributed by atoms with Crippen molar-refractivity contribution in [3.05, 3.63) is 27.4 Å². The summed E-state index contributed by atoms with van der Waals surface area (Å²) in [7, 11) is 1.59. The highest BCUT2D eigenvalue weighted by Gasteiger charge is 2.34. The Morgan fingerprint density at radius 2 is 2.00 bits per heavy atom. The Kier molecular flexibility index (Phi) is 2.96. The van der Waals surface area contributed by atoms with Gasteiger partial charge in [0, 0.05) is 11.9 Å². The Balaban J connectivity index is 2.16. The Hall–Kier alpha value is -2.31. The lowest BCUT2D eigenvalue weighted by Gasteiger charge is -2.27. The summed E-state index contributed by atoms with van der Waals surface area (Å²) in [6.45, 7) is 0. The van der Waals surface area contributed by atoms with Gasteiger partial charge in [0.15, 0.2) is 5.57 Å². The summed E-state index contributed by atoms with van der Waals surface area (Å²) in [6, 6.07) is 3.66. The van der Waals surface area contributed by atoms with E-state index in [1.54, 1.807) is 18.4 Å². The first-order valence-corrected chi connectivity index (χ1v) is 7.23. The van der Waals surface area contributed by atoms with Crippen LogP contribution < -0.4 is 5.32 Å². The molecule has 2 heterocycles. The van der Waals surface area contributed by atoms with E-state index < -0.39 is 0 Å². The summed E-state index contributed by atoms with van der Waals surface area (Å²) in [5.41, 5.74) is 1.80. The van der Waals surface area contributed by atoms with Crippen LogP contribution in [0.5, 0.6) is 0 Å². The van der Waals surface area contributed by atoms with Gasteiger partial charge in [0.1, 0.15) is 23.0 Å². The minimum atomic E-state index is -0.129. The maximum Gasteiger partial charge on any atom is 0.262 e. The zero-order valence-electron chi connectivity index (χ0n) is 11.0. The standard InChI is InChI=1S/C14H12N4OS/c1-18-12(8(6-15)7-16)17-13-11(14(18)19)9-4-2-3-5-10(9)20-13/h17H,2-5H2,1H3. The lowest BCUT2D eigenvalue weighted by Crippen LogP contribution is -2.35. The van der Waals surface area contributed by atoms with Crippen LogP contribution in [0.25, 0.3) is 0 Å². The van der Waals surface area contributed by atoms with Crippen LogP contribution in [0.4, 0.5) is 5.00 Å². The number of hydrogen-bond donors (Lipinski definition) is 1. The van der Waals surface area contributed by atoms with Crippen molar-refractivity contribution >= 4 is 22.2 Å². The van der Waals surface area contributed by atoms with Crippen LogP contribution in [0.3, 0.4) is 0 Å². The molecular formula is C14H12N4OS. The summed E-state index contributed by atoms with van der Waals surface area (Å²) >= 11 is 1.57. The van der Waals surface area contributed by atoms with Crippen molar-refractivity contribution in [3.8, 4) is 12.1 Å². The third kappa shape index (κ3) is 1.70. The molecule has 1 aromatic heterocycles. The van der Waals surface area contributed by atoms with Crippen molar-refractivity contribution in [1.29, 1.82) is 10.5 Å². The van der Waals surface area contributed by atoms with Gasteiger partial charge in [-0.3, -0.25) is 9.69 Å². The number of rotatable bonds is 0. The van der Waals surface area contributed by atoms with Crippen molar-refractivity contribution in [3.63, 3.8) is 0 Å². The van der Waals surface area contributed by atoms with Gasteiger partial charge in [-0.1, -0.05) is 0 Å². The third-order valence-corrected chi connectivity index (χ3v) is 4.92. The highest BCUT2D eigenvalue weighted by Crippen LogP contribution is 2.42. The number of fused-ring (bicyclic) bond motifs is 3. The van der Waals surface area contributed by atoms with Gasteiger partial charge in [-0.15, -0.1) is 11.3 Å². The van der Waals surface area contributed by atoms with E-state index in [1.807, 2.05) is 12.1 Å². The molecule has 0 aromatic carbocycles. The highest BCUT2D eigenvalue weighted by atomic mass is 32.1. The molecule has 100 valence electrons. The number of aryl methyl sites for hydroxylation is 1. The van der Waals surface area contributed by atoms with Crippen LogP contribution in [0, 0.1) is 22.7 Å². The molecule has 2 aliphatic rings. The van der Waals surface area contributed by atoms with E-state index >= 15 is 0 Å². The molecule has 0 bridgehead atoms. The van der Waals surface area contributed by atoms with Gasteiger partial charge in [-0.25, -0.2) is 0 Å². The van der Waals surface area contributed by atoms with Gasteiger partial charge in [-0.05, 0) is 31.2 Å². The minimum absolute atomic E-state index is 0.0714. The SMILES string of the molecule is CN1C(=O)c2c(sc3c2CCCC3)NC1=C(C#N)C#N. The maximum atomic E-state index is 12.5. The number of hydrogen-bond acceptors (Lipinski definition) is 5. The molecule has 0 spiro atoms. The molecule has 1 N–H and O–H groups in total. The van der Waals surface area contributed by atoms with Gasteiger partial charge in [0.05, 0.1) is 5.56 Å². The number of allylic oxidation sites excluding steroid dienone is 1. The zero-order chi connectivity index (χ0) is 14.3. The fraction of sp³-hybridized carbons (Fsp3) is 0.357. The number of thiophene rings is 1. The van der Waals surface area contributed by atoms with Gasteiger partial charge >= 0.3 is 0 Å². The molecule has 0 radical (unpaired) electrons. The molecule has 1 aliphatic carbocycles. The second-order valence-electron chi connectivity index (χ2n) is 4.85. The summed E-state index contributed by atoms with van der Waals surface area (Å²) in [5.74, 6) is 0.155. The first-order valence-electron chi connectivity index (χ1n) is 6.41. The van der Waals surface area contributed by atoms with Crippen molar-refractivity contribution in [1.82, 2.24) is 4.90 Å². The minimum Gasteiger partial charge on any atom is -0.331 e. The fourth-order valence-corrected chi connectivity index (χ4v) is 3.98. The van der Waals surface area contributed by atoms with E-state index in [-0.39, 0.29) is 17.3 Å². The van der Waals surface area contributed by atoms with Gasteiger partial charge in [-0.2, -0.15) is 10.5 Å². The molecular weight excluding hydrogens is 272 g/mol. The van der Waals surface area contributed by atoms with Gasteiger partial charge < -0.3 is 5.32 Å². The Labute approximate surface area is 120 Å². The Morgan fingerprint density at radius 3 is 2.70 bits per heavy atom. The summed E-state index contributed by atoms with van der Waals surface area (Å²) in [5, 5.41) is 21.8. The number of amides is 1. The van der Waals surface area contributed by atoms with Crippen LogP contribution in [0.1, 0.15) is 33.6 Å². The molecule has 0 saturated carbocycles. The molecule has 6 heteroatoms. The highest BCUT2D eigenvalue weighted by molar-refractivity contribution is 7.16. The van der Waals surface area contributed by atoms with E-state index in [0.29, 0.717) is 0 Å². The average molecular weight is 284 g/mol. The molecule has 1 aliphatic heterocycles. The second-order valence-corrected chi connectivity index (χ2v) is 5.96. The normalized spacial score (nSPS) is 16.6. The average Bonchev–Trinajstić information content (AvgIpc) is 2.83. The topological polar surface area (TPSA) is 79.9 Å². The third-order valence-electron chi connectivity index (χ3n) is 3.72. The first-order chi connectivity index (χ1) is 9.67. The van der Waals surface area contributed by atoms with Crippen LogP contribution in [0.2, 0.25) is 0 Å². The Morgan fingerprint density at radius 1 is 1.30 bits per heavy atom. The van der Waals surface area contributed by atoms with E-state index in [2.05, 4.69) is 5.32 Å². The molecule has 20 heavy (non-hydrogen) atoms. The first kappa shape index (κ1) is 12.7. The summed E-state index contributed by atoms with van der Waals surface area (Å²) in [4.78, 5) is 15.2. The molecule has 0 fully saturated rings. The largest absolute Gasteiger partial charge is 0.331 e.